The van der Waals surface area contributed by atoms with E-state index >= 15 is 0 Å². The minimum absolute atomic E-state index is 0.206. The van der Waals surface area contributed by atoms with E-state index in [1.165, 1.54) is 12.1 Å². The Morgan fingerprint density at radius 1 is 1.07 bits per heavy atom. The average Bonchev–Trinajstić information content (AvgIpc) is 3.41. The van der Waals surface area contributed by atoms with Gasteiger partial charge in [-0.3, -0.25) is 4.79 Å². The molecule has 5 rings (SSSR count). The molecule has 4 aromatic rings. The molecule has 6 nitrogen and oxygen atoms in total. The van der Waals surface area contributed by atoms with Gasteiger partial charge in [0.25, 0.3) is 5.91 Å². The van der Waals surface area contributed by atoms with E-state index in [-0.39, 0.29) is 18.5 Å². The Labute approximate surface area is 171 Å². The normalized spacial score (nSPS) is 12.5. The van der Waals surface area contributed by atoms with E-state index in [4.69, 9.17) is 13.9 Å². The number of ether oxygens (including phenoxy) is 2. The summed E-state index contributed by atoms with van der Waals surface area (Å²) in [7, 11) is 0. The number of rotatable bonds is 5. The zero-order valence-electron chi connectivity index (χ0n) is 16.3. The van der Waals surface area contributed by atoms with Crippen molar-refractivity contribution in [2.24, 2.45) is 0 Å². The molecule has 0 fully saturated rings. The highest BCUT2D eigenvalue weighted by molar-refractivity contribution is 5.97. The molecule has 0 radical (unpaired) electrons. The number of fused-ring (bicyclic) bond motifs is 2. The molecule has 1 aliphatic rings. The number of nitrogens with zero attached hydrogens (tertiary/aromatic N) is 1. The van der Waals surface area contributed by atoms with Gasteiger partial charge in [-0.2, -0.15) is 0 Å². The molecule has 1 aliphatic heterocycles. The Morgan fingerprint density at radius 3 is 2.80 bits per heavy atom. The number of furan rings is 1. The molecule has 0 bridgehead atoms. The third-order valence-electron chi connectivity index (χ3n) is 5.07. The summed E-state index contributed by atoms with van der Waals surface area (Å²) in [5.74, 6) is 1.57. The van der Waals surface area contributed by atoms with Gasteiger partial charge in [-0.25, -0.2) is 4.39 Å². The third kappa shape index (κ3) is 3.39. The number of carbonyl (C=O) groups is 1. The van der Waals surface area contributed by atoms with Crippen molar-refractivity contribution in [3.8, 4) is 11.5 Å². The largest absolute Gasteiger partial charge is 0.460 e. The van der Waals surface area contributed by atoms with Crippen LogP contribution in [0.2, 0.25) is 0 Å². The number of aromatic nitrogens is 1. The Kier molecular flexibility index (Phi) is 4.43. The second-order valence-corrected chi connectivity index (χ2v) is 7.22. The van der Waals surface area contributed by atoms with Crippen molar-refractivity contribution in [2.75, 3.05) is 6.79 Å². The van der Waals surface area contributed by atoms with Gasteiger partial charge in [-0.05, 0) is 42.3 Å². The lowest BCUT2D eigenvalue weighted by Gasteiger charge is -2.11. The highest BCUT2D eigenvalue weighted by Crippen LogP contribution is 2.32. The van der Waals surface area contributed by atoms with Crippen LogP contribution >= 0.6 is 0 Å². The summed E-state index contributed by atoms with van der Waals surface area (Å²) in [4.78, 5) is 13.0. The molecule has 2 aromatic carbocycles. The highest BCUT2D eigenvalue weighted by Gasteiger charge is 2.19. The van der Waals surface area contributed by atoms with E-state index in [0.717, 1.165) is 22.4 Å². The monoisotopic (exact) mass is 406 g/mol. The maximum absolute atomic E-state index is 13.6. The minimum atomic E-state index is -0.312. The molecule has 0 spiro atoms. The molecule has 0 saturated carbocycles. The van der Waals surface area contributed by atoms with Crippen LogP contribution in [0.4, 0.5) is 4.39 Å². The van der Waals surface area contributed by atoms with Gasteiger partial charge in [0.1, 0.15) is 17.3 Å². The maximum atomic E-state index is 13.6. The first-order valence-corrected chi connectivity index (χ1v) is 9.58. The van der Waals surface area contributed by atoms with Gasteiger partial charge in [-0.1, -0.05) is 18.2 Å². The lowest BCUT2D eigenvalue weighted by Crippen LogP contribution is -2.25. The molecule has 0 unspecified atom stereocenters. The predicted molar refractivity (Wildman–Crippen MR) is 108 cm³/mol. The molecule has 30 heavy (non-hydrogen) atoms. The lowest BCUT2D eigenvalue weighted by molar-refractivity contribution is 0.0942. The summed E-state index contributed by atoms with van der Waals surface area (Å²) >= 11 is 0. The molecular weight excluding hydrogens is 387 g/mol. The van der Waals surface area contributed by atoms with Crippen molar-refractivity contribution in [3.05, 3.63) is 83.0 Å². The molecule has 0 aliphatic carbocycles. The number of hydrogen-bond acceptors (Lipinski definition) is 4. The van der Waals surface area contributed by atoms with Crippen LogP contribution in [0.1, 0.15) is 27.4 Å². The second kappa shape index (κ2) is 7.26. The SMILES string of the molecule is Cc1cc2c(cc(C(=O)NCc3ccc4c(c3)OCO4)n2Cc2cccc(F)c2)o1. The minimum Gasteiger partial charge on any atom is -0.460 e. The summed E-state index contributed by atoms with van der Waals surface area (Å²) in [6, 6.07) is 15.5. The summed E-state index contributed by atoms with van der Waals surface area (Å²) < 4.78 is 31.9. The summed E-state index contributed by atoms with van der Waals surface area (Å²) in [6.45, 7) is 2.75. The van der Waals surface area contributed by atoms with Gasteiger partial charge in [0, 0.05) is 25.2 Å². The van der Waals surface area contributed by atoms with Crippen LogP contribution in [0.3, 0.4) is 0 Å². The van der Waals surface area contributed by atoms with Gasteiger partial charge in [0.15, 0.2) is 17.1 Å². The van der Waals surface area contributed by atoms with Gasteiger partial charge >= 0.3 is 0 Å². The van der Waals surface area contributed by atoms with Crippen LogP contribution in [0.15, 0.2) is 59.0 Å². The standard InChI is InChI=1S/C23H19FN2O4/c1-14-7-18-21(30-14)10-19(26(18)12-16-3-2-4-17(24)8-16)23(27)25-11-15-5-6-20-22(9-15)29-13-28-20/h2-10H,11-13H2,1H3,(H,25,27). The fourth-order valence-electron chi connectivity index (χ4n) is 3.67. The van der Waals surface area contributed by atoms with Gasteiger partial charge in [0.05, 0.1) is 5.52 Å². The predicted octanol–water partition coefficient (Wildman–Crippen LogP) is 4.39. The molecular formula is C23H19FN2O4. The van der Waals surface area contributed by atoms with E-state index in [1.807, 2.05) is 41.8 Å². The highest BCUT2D eigenvalue weighted by atomic mass is 19.1. The molecule has 1 N–H and O–H groups in total. The Hall–Kier alpha value is -3.74. The number of halogens is 1. The molecule has 7 heteroatoms. The maximum Gasteiger partial charge on any atom is 0.268 e. The van der Waals surface area contributed by atoms with E-state index in [0.29, 0.717) is 35.9 Å². The number of aryl methyl sites for hydroxylation is 1. The van der Waals surface area contributed by atoms with Crippen molar-refractivity contribution >= 4 is 17.0 Å². The molecule has 3 heterocycles. The first-order chi connectivity index (χ1) is 14.6. The first-order valence-electron chi connectivity index (χ1n) is 9.58. The Morgan fingerprint density at radius 2 is 1.93 bits per heavy atom. The van der Waals surface area contributed by atoms with Crippen molar-refractivity contribution < 1.29 is 23.1 Å². The Bertz CT molecular complexity index is 1260. The van der Waals surface area contributed by atoms with Crippen LogP contribution in [0, 0.1) is 12.7 Å². The number of amides is 1. The van der Waals surface area contributed by atoms with E-state index in [1.54, 1.807) is 12.1 Å². The topological polar surface area (TPSA) is 65.6 Å². The smallest absolute Gasteiger partial charge is 0.268 e. The van der Waals surface area contributed by atoms with Crippen LogP contribution in [0.5, 0.6) is 11.5 Å². The van der Waals surface area contributed by atoms with E-state index < -0.39 is 0 Å². The van der Waals surface area contributed by atoms with E-state index in [2.05, 4.69) is 5.32 Å². The molecule has 152 valence electrons. The van der Waals surface area contributed by atoms with Gasteiger partial charge in [-0.15, -0.1) is 0 Å². The number of benzene rings is 2. The number of hydrogen-bond donors (Lipinski definition) is 1. The van der Waals surface area contributed by atoms with Crippen molar-refractivity contribution in [3.63, 3.8) is 0 Å². The molecule has 0 saturated heterocycles. The van der Waals surface area contributed by atoms with Gasteiger partial charge in [0.2, 0.25) is 6.79 Å². The lowest BCUT2D eigenvalue weighted by atomic mass is 10.2. The quantitative estimate of drug-likeness (QED) is 0.534. The molecule has 0 atom stereocenters. The second-order valence-electron chi connectivity index (χ2n) is 7.22. The Balaban J connectivity index is 1.41. The van der Waals surface area contributed by atoms with Crippen LogP contribution in [-0.2, 0) is 13.1 Å². The number of carbonyl (C=O) groups excluding carboxylic acids is 1. The first kappa shape index (κ1) is 18.3. The zero-order valence-corrected chi connectivity index (χ0v) is 16.3. The fourth-order valence-corrected chi connectivity index (χ4v) is 3.67. The number of nitrogens with one attached hydrogen (secondary N) is 1. The summed E-state index contributed by atoms with van der Waals surface area (Å²) in [5.41, 5.74) is 3.53. The average molecular weight is 406 g/mol. The summed E-state index contributed by atoms with van der Waals surface area (Å²) in [5, 5.41) is 2.94. The van der Waals surface area contributed by atoms with Crippen LogP contribution in [-0.4, -0.2) is 17.3 Å². The fraction of sp³-hybridized carbons (Fsp3) is 0.174. The molecule has 2 aromatic heterocycles. The van der Waals surface area contributed by atoms with Crippen LogP contribution < -0.4 is 14.8 Å². The van der Waals surface area contributed by atoms with Crippen LogP contribution in [0.25, 0.3) is 11.1 Å². The van der Waals surface area contributed by atoms with Crippen molar-refractivity contribution in [1.82, 2.24) is 9.88 Å². The van der Waals surface area contributed by atoms with E-state index in [9.17, 15) is 9.18 Å². The third-order valence-corrected chi connectivity index (χ3v) is 5.07. The van der Waals surface area contributed by atoms with Crippen molar-refractivity contribution in [2.45, 2.75) is 20.0 Å². The van der Waals surface area contributed by atoms with Gasteiger partial charge < -0.3 is 23.8 Å². The summed E-state index contributed by atoms with van der Waals surface area (Å²) in [6.07, 6.45) is 0. The molecule has 1 amide bonds. The zero-order chi connectivity index (χ0) is 20.7. The van der Waals surface area contributed by atoms with Crippen molar-refractivity contribution in [1.29, 1.82) is 0 Å².